The third-order valence-corrected chi connectivity index (χ3v) is 19.1. The number of nitrogen functional groups attached to an aromatic ring is 2. The number of hydrogen-bond donors (Lipinski definition) is 15. The summed E-state index contributed by atoms with van der Waals surface area (Å²) in [4.78, 5) is 65.3. The van der Waals surface area contributed by atoms with E-state index in [2.05, 4.69) is 56.5 Å². The van der Waals surface area contributed by atoms with E-state index in [4.69, 9.17) is 25.7 Å². The van der Waals surface area contributed by atoms with Crippen LogP contribution in [0.3, 0.4) is 0 Å². The van der Waals surface area contributed by atoms with E-state index in [0.29, 0.717) is 54.1 Å². The van der Waals surface area contributed by atoms with E-state index >= 15 is 0 Å². The van der Waals surface area contributed by atoms with Gasteiger partial charge in [0.25, 0.3) is 46.4 Å². The average Bonchev–Trinajstić information content (AvgIpc) is 0.801. The van der Waals surface area contributed by atoms with E-state index in [0.717, 1.165) is 24.6 Å². The number of aliphatic hydroxyl groups excluding tert-OH is 4. The molecule has 0 aliphatic heterocycles. The Labute approximate surface area is 652 Å². The molecule has 0 radical (unpaired) electrons. The zero-order valence-corrected chi connectivity index (χ0v) is 65.0. The zero-order valence-electron chi connectivity index (χ0n) is 61.7. The Bertz CT molecular complexity index is 5050. The predicted molar refractivity (Wildman–Crippen MR) is 422 cm³/mol. The number of aromatic nitrogens is 6. The fourth-order valence-electron chi connectivity index (χ4n) is 10.3. The van der Waals surface area contributed by atoms with Crippen LogP contribution in [0.1, 0.15) is 101 Å². The number of benzene rings is 6. The molecule has 0 aliphatic carbocycles. The Hall–Kier alpha value is -10.8. The van der Waals surface area contributed by atoms with E-state index < -0.39 is 71.7 Å². The monoisotopic (exact) mass is 1640 g/mol. The van der Waals surface area contributed by atoms with Crippen molar-refractivity contribution < 1.29 is 101 Å². The summed E-state index contributed by atoms with van der Waals surface area (Å²) in [5, 5.41) is 53.6. The third-order valence-electron chi connectivity index (χ3n) is 15.5. The number of ketones is 1. The summed E-state index contributed by atoms with van der Waals surface area (Å²) in [6, 6.07) is 28.4. The van der Waals surface area contributed by atoms with E-state index in [-0.39, 0.29) is 172 Å². The van der Waals surface area contributed by atoms with Crippen molar-refractivity contribution in [2.45, 2.75) is 78.6 Å². The number of carbonyl (C=O) groups excluding carboxylic acids is 3. The molecule has 2 heterocycles. The van der Waals surface area contributed by atoms with Gasteiger partial charge in [0.05, 0.1) is 39.6 Å². The van der Waals surface area contributed by atoms with Gasteiger partial charge in [0.2, 0.25) is 29.7 Å². The van der Waals surface area contributed by atoms with Crippen LogP contribution in [-0.2, 0) is 61.1 Å². The fraction of sp³-hybridized carbons (Fsp3) is 0.319. The number of carbonyl (C=O) groups is 3. The van der Waals surface area contributed by atoms with Crippen LogP contribution in [0.5, 0.6) is 0 Å². The molecule has 0 atom stereocenters. The molecule has 17 N–H and O–H groups in total. The lowest BCUT2D eigenvalue weighted by molar-refractivity contribution is 0.0500. The van der Waals surface area contributed by atoms with Crippen molar-refractivity contribution >= 4 is 141 Å². The number of anilines is 10. The largest absolute Gasteiger partial charge is 0.444 e. The minimum absolute atomic E-state index is 0.00788. The van der Waals surface area contributed by atoms with Crippen LogP contribution in [0, 0.1) is 0 Å². The molecule has 2 amide bonds. The first-order valence-corrected chi connectivity index (χ1v) is 40.4. The lowest BCUT2D eigenvalue weighted by Crippen LogP contribution is -2.34. The number of nitrogens with zero attached hydrogens (tertiary/aromatic N) is 8. The molecule has 608 valence electrons. The molecule has 8 rings (SSSR count). The van der Waals surface area contributed by atoms with Crippen LogP contribution in [0.2, 0.25) is 0 Å². The van der Waals surface area contributed by atoms with E-state index in [9.17, 15) is 86.7 Å². The van der Waals surface area contributed by atoms with Crippen LogP contribution >= 0.6 is 0 Å². The second-order valence-corrected chi connectivity index (χ2v) is 31.0. The number of alkyl carbamates (subject to hydrolysis) is 1. The normalized spacial score (nSPS) is 11.9. The van der Waals surface area contributed by atoms with Gasteiger partial charge in [-0.15, -0.1) is 0 Å². The Morgan fingerprint density at radius 3 is 1.33 bits per heavy atom. The first-order chi connectivity index (χ1) is 53.5. The highest BCUT2D eigenvalue weighted by Gasteiger charge is 2.24. The summed E-state index contributed by atoms with van der Waals surface area (Å²) in [6.07, 6.45) is 6.03. The van der Waals surface area contributed by atoms with Crippen LogP contribution in [0.25, 0.3) is 24.3 Å². The minimum Gasteiger partial charge on any atom is -0.444 e. The molecule has 0 spiro atoms. The van der Waals surface area contributed by atoms with Gasteiger partial charge in [-0.05, 0) is 152 Å². The van der Waals surface area contributed by atoms with Crippen molar-refractivity contribution in [3.05, 3.63) is 166 Å². The summed E-state index contributed by atoms with van der Waals surface area (Å²) < 4.78 is 153. The van der Waals surface area contributed by atoms with Gasteiger partial charge in [-0.2, -0.15) is 63.6 Å². The van der Waals surface area contributed by atoms with Gasteiger partial charge in [0.15, 0.2) is 5.78 Å². The van der Waals surface area contributed by atoms with Crippen molar-refractivity contribution in [3.63, 3.8) is 0 Å². The second-order valence-electron chi connectivity index (χ2n) is 25.5. The highest BCUT2D eigenvalue weighted by atomic mass is 32.2. The fourth-order valence-corrected chi connectivity index (χ4v) is 13.2. The van der Waals surface area contributed by atoms with E-state index in [1.807, 2.05) is 6.92 Å². The van der Waals surface area contributed by atoms with Gasteiger partial charge in [0.1, 0.15) is 31.0 Å². The van der Waals surface area contributed by atoms with Crippen LogP contribution in [-0.4, -0.2) is 218 Å². The zero-order chi connectivity index (χ0) is 82.7. The predicted octanol–water partition coefficient (Wildman–Crippen LogP) is 6.30. The SMILES string of the molecule is CCCOCCCC(=O)c1ccc(Nc2nc(Cc3ccc(/C=C/c4ccc(Nc5nc(Nc6ccc(C(=O)NCCOCCNC(=O)OC(C)(C)C)cc6)nc(N(CCO)CCO)n5)cc4S(=O)(=O)O)c(S(=O)(=O)O)c3)nc(N(CCO)CCO)n2)cc1.Nc1ccc(/C=C/c2ccc(N)cc2S(=O)(=O)O)c(S(=O)(=O)O)c1. The number of hydrogen-bond acceptors (Lipinski definition) is 31. The van der Waals surface area contributed by atoms with Gasteiger partial charge in [0, 0.05) is 105 Å². The van der Waals surface area contributed by atoms with Gasteiger partial charge < -0.3 is 82.5 Å². The molecule has 6 aromatic carbocycles. The van der Waals surface area contributed by atoms with Gasteiger partial charge in [-0.1, -0.05) is 61.6 Å². The average molecular weight is 1640 g/mol. The van der Waals surface area contributed by atoms with Crippen LogP contribution < -0.4 is 47.9 Å². The number of amides is 2. The summed E-state index contributed by atoms with van der Waals surface area (Å²) >= 11 is 0. The highest BCUT2D eigenvalue weighted by molar-refractivity contribution is 7.86. The summed E-state index contributed by atoms with van der Waals surface area (Å²) in [5.74, 6) is -0.458. The molecule has 0 fully saturated rings. The number of nitrogens with one attached hydrogen (secondary N) is 5. The quantitative estimate of drug-likeness (QED) is 0.00658. The summed E-state index contributed by atoms with van der Waals surface area (Å²) in [6.45, 7) is 7.87. The number of nitrogens with two attached hydrogens (primary N) is 2. The van der Waals surface area contributed by atoms with E-state index in [1.165, 1.54) is 88.7 Å². The molecule has 0 unspecified atom stereocenters. The maximum absolute atomic E-state index is 13.0. The lowest BCUT2D eigenvalue weighted by Gasteiger charge is -2.21. The molecule has 41 heteroatoms. The molecular formula is C72H89N15O22S4. The Balaban J connectivity index is 0.000000624. The molecule has 0 aliphatic rings. The maximum Gasteiger partial charge on any atom is 0.407 e. The number of rotatable bonds is 40. The molecule has 2 aromatic heterocycles. The smallest absolute Gasteiger partial charge is 0.407 e. The van der Waals surface area contributed by atoms with Gasteiger partial charge in [-0.25, -0.2) is 4.79 Å². The summed E-state index contributed by atoms with van der Waals surface area (Å²) in [5.41, 5.74) is 12.7. The van der Waals surface area contributed by atoms with Crippen LogP contribution in [0.15, 0.2) is 141 Å². The van der Waals surface area contributed by atoms with Crippen molar-refractivity contribution in [2.24, 2.45) is 0 Å². The highest BCUT2D eigenvalue weighted by Crippen LogP contribution is 2.30. The number of Topliss-reactive ketones (excluding diaryl/α,β-unsaturated/α-hetero) is 1. The van der Waals surface area contributed by atoms with Crippen molar-refractivity contribution in [1.82, 2.24) is 40.5 Å². The Morgan fingerprint density at radius 2 is 0.867 bits per heavy atom. The summed E-state index contributed by atoms with van der Waals surface area (Å²) in [7, 11) is -19.0. The van der Waals surface area contributed by atoms with Gasteiger partial charge in [-0.3, -0.25) is 27.8 Å². The first-order valence-electron chi connectivity index (χ1n) is 34.7. The molecule has 113 heavy (non-hydrogen) atoms. The molecule has 37 nitrogen and oxygen atoms in total. The van der Waals surface area contributed by atoms with Crippen LogP contribution in [0.4, 0.5) is 63.0 Å². The molecular weight excluding hydrogens is 1560 g/mol. The maximum atomic E-state index is 13.0. The third kappa shape index (κ3) is 29.1. The Morgan fingerprint density at radius 1 is 0.469 bits per heavy atom. The number of aliphatic hydroxyl groups is 4. The minimum atomic E-state index is -5.01. The topological polar surface area (TPSA) is 573 Å². The van der Waals surface area contributed by atoms with Crippen molar-refractivity contribution in [2.75, 3.05) is 129 Å². The van der Waals surface area contributed by atoms with Crippen molar-refractivity contribution in [1.29, 1.82) is 0 Å². The molecule has 8 aromatic rings. The molecule has 0 saturated carbocycles. The lowest BCUT2D eigenvalue weighted by atomic mass is 10.1. The molecule has 0 saturated heterocycles. The standard InChI is InChI=1S/C58H75N13O16S2.C14H14N2O6S2/c1-5-32-85-33-6-7-47(76)40-12-17-44(18-13-40)61-52-64-50(65-55(67-52)70(24-28-72)25-29-73)37-39-8-9-41(48(36-39)88(79,80)81)10-11-42-14-21-46(38-49(42)89(82,83)84)63-54-66-53(68-56(69-54)71(26-30-74)27-31-75)62-45-19-15-43(16-20-45)51(77)59-22-34-86-35-23-60-57(78)87-58(2,3)4;15-11-5-3-9(13(7-11)23(17,18)19)1-2-10-4-6-12(16)8-14(10)24(20,21)22/h8-21,36,38,72-75H,5-7,22-35,37H2,1-4H3,(H,59,77)(H,60,78)(H,79,80,81)(H,82,83,84)(H,61,64,65,67)(H2,62,63,66,68,69);1-8H,15-16H2,(H,17,18,19)(H,20,21,22)/b11-10+;2-1+. The molecule has 0 bridgehead atoms. The second kappa shape index (κ2) is 41.7. The van der Waals surface area contributed by atoms with Gasteiger partial charge >= 0.3 is 6.09 Å². The number of ether oxygens (including phenoxy) is 3. The van der Waals surface area contributed by atoms with Crippen molar-refractivity contribution in [3.8, 4) is 0 Å². The Kier molecular flexibility index (Phi) is 33.0. The first kappa shape index (κ1) is 89.4. The van der Waals surface area contributed by atoms with E-state index in [1.54, 1.807) is 69.3 Å².